The van der Waals surface area contributed by atoms with Gasteiger partial charge in [-0.2, -0.15) is 0 Å². The van der Waals surface area contributed by atoms with Crippen LogP contribution in [0, 0.1) is 5.92 Å². The van der Waals surface area contributed by atoms with Gasteiger partial charge < -0.3 is 9.88 Å². The summed E-state index contributed by atoms with van der Waals surface area (Å²) in [5.41, 5.74) is 5.48. The summed E-state index contributed by atoms with van der Waals surface area (Å²) in [7, 11) is 0. The van der Waals surface area contributed by atoms with Crippen LogP contribution < -0.4 is 0 Å². The van der Waals surface area contributed by atoms with E-state index in [4.69, 9.17) is 0 Å². The van der Waals surface area contributed by atoms with E-state index >= 15 is 0 Å². The number of likely N-dealkylation sites (tertiary alicyclic amines) is 1. The lowest BCUT2D eigenvalue weighted by Gasteiger charge is -2.48. The number of piperidine rings is 1. The molecule has 2 heterocycles. The molecule has 3 aromatic rings. The van der Waals surface area contributed by atoms with Gasteiger partial charge in [-0.25, -0.2) is 4.98 Å². The molecule has 0 saturated carbocycles. The fourth-order valence-electron chi connectivity index (χ4n) is 4.79. The Kier molecular flexibility index (Phi) is 4.73. The van der Waals surface area contributed by atoms with E-state index in [1.54, 1.807) is 6.33 Å². The number of hydrogen-bond donors (Lipinski definition) is 1. The van der Waals surface area contributed by atoms with E-state index in [-0.39, 0.29) is 5.91 Å². The maximum atomic E-state index is 13.2. The lowest BCUT2D eigenvalue weighted by molar-refractivity contribution is 0.0439. The number of carbonyl (C=O) groups is 1. The molecule has 1 saturated heterocycles. The second kappa shape index (κ2) is 7.18. The molecule has 2 aliphatic rings. The van der Waals surface area contributed by atoms with Crippen LogP contribution in [-0.4, -0.2) is 33.4 Å². The van der Waals surface area contributed by atoms with Gasteiger partial charge in [0.15, 0.2) is 0 Å². The molecule has 2 bridgehead atoms. The summed E-state index contributed by atoms with van der Waals surface area (Å²) in [6, 6.07) is 14.8. The Morgan fingerprint density at radius 3 is 2.85 bits per heavy atom. The molecule has 1 aliphatic heterocycles. The number of hydrogen-bond acceptors (Lipinski definition) is 2. The quantitative estimate of drug-likeness (QED) is 0.678. The molecule has 2 aromatic carbocycles. The van der Waals surface area contributed by atoms with Crippen LogP contribution in [0.25, 0.3) is 11.0 Å². The van der Waals surface area contributed by atoms with Crippen LogP contribution >= 0.6 is 0 Å². The molecule has 0 spiro atoms. The standard InChI is InChI=1S/C21H21N3O.C2H6/c1-13-16-8-9-24(20(13)11-14-4-2-3-5-17(14)16)21(25)15-6-7-18-19(10-15)23-12-22-18;1-2/h2-7,10,12-13,16,20H,8-9,11H2,1H3,(H,22,23);1-2H3/t13?,16-,20-;/m1./s1. The average Bonchev–Trinajstić information content (AvgIpc) is 3.17. The van der Waals surface area contributed by atoms with Gasteiger partial charge in [-0.1, -0.05) is 45.0 Å². The number of benzene rings is 2. The highest BCUT2D eigenvalue weighted by Crippen LogP contribution is 2.44. The number of nitrogens with zero attached hydrogens (tertiary/aromatic N) is 2. The first-order valence-electron chi connectivity index (χ1n) is 10.0. The molecule has 0 radical (unpaired) electrons. The lowest BCUT2D eigenvalue weighted by atomic mass is 9.68. The summed E-state index contributed by atoms with van der Waals surface area (Å²) in [6.45, 7) is 7.15. The molecule has 27 heavy (non-hydrogen) atoms. The van der Waals surface area contributed by atoms with Crippen molar-refractivity contribution in [2.45, 2.75) is 45.6 Å². The number of rotatable bonds is 1. The summed E-state index contributed by atoms with van der Waals surface area (Å²) >= 11 is 0. The van der Waals surface area contributed by atoms with Crippen molar-refractivity contribution in [3.05, 3.63) is 65.5 Å². The third kappa shape index (κ3) is 2.93. The highest BCUT2D eigenvalue weighted by molar-refractivity contribution is 5.97. The van der Waals surface area contributed by atoms with E-state index in [0.717, 1.165) is 36.0 Å². The van der Waals surface area contributed by atoms with Gasteiger partial charge in [0.1, 0.15) is 0 Å². The maximum absolute atomic E-state index is 13.2. The Bertz CT molecular complexity index is 961. The van der Waals surface area contributed by atoms with Crippen LogP contribution in [-0.2, 0) is 6.42 Å². The van der Waals surface area contributed by atoms with Gasteiger partial charge in [0, 0.05) is 18.2 Å². The SMILES string of the molecule is CC.CC1[C@H]2Cc3ccccc3[C@@H]1CCN2C(=O)c1ccc2nc[nH]c2c1. The first kappa shape index (κ1) is 17.8. The number of fused-ring (bicyclic) bond motifs is 5. The molecule has 1 N–H and O–H groups in total. The van der Waals surface area contributed by atoms with Gasteiger partial charge >= 0.3 is 0 Å². The molecule has 5 rings (SSSR count). The van der Waals surface area contributed by atoms with Gasteiger partial charge in [0.2, 0.25) is 0 Å². The molecule has 1 amide bonds. The number of carbonyl (C=O) groups excluding carboxylic acids is 1. The van der Waals surface area contributed by atoms with E-state index in [9.17, 15) is 4.79 Å². The zero-order valence-electron chi connectivity index (χ0n) is 16.3. The Morgan fingerprint density at radius 1 is 1.19 bits per heavy atom. The summed E-state index contributed by atoms with van der Waals surface area (Å²) in [4.78, 5) is 22.7. The fraction of sp³-hybridized carbons (Fsp3) is 0.391. The van der Waals surface area contributed by atoms with Gasteiger partial charge in [0.05, 0.1) is 17.4 Å². The first-order valence-corrected chi connectivity index (χ1v) is 10.0. The number of H-pyrrole nitrogens is 1. The average molecular weight is 361 g/mol. The molecule has 4 nitrogen and oxygen atoms in total. The highest BCUT2D eigenvalue weighted by atomic mass is 16.2. The largest absolute Gasteiger partial charge is 0.345 e. The van der Waals surface area contributed by atoms with Gasteiger partial charge in [-0.15, -0.1) is 0 Å². The van der Waals surface area contributed by atoms with E-state index in [1.165, 1.54) is 11.1 Å². The molecular formula is C23H27N3O. The fourth-order valence-corrected chi connectivity index (χ4v) is 4.79. The van der Waals surface area contributed by atoms with Crippen molar-refractivity contribution in [3.63, 3.8) is 0 Å². The smallest absolute Gasteiger partial charge is 0.254 e. The molecule has 140 valence electrons. The third-order valence-corrected chi connectivity index (χ3v) is 6.13. The Hall–Kier alpha value is -2.62. The summed E-state index contributed by atoms with van der Waals surface area (Å²) in [5.74, 6) is 1.23. The normalized spacial score (nSPS) is 23.4. The minimum Gasteiger partial charge on any atom is -0.345 e. The van der Waals surface area contributed by atoms with Crippen molar-refractivity contribution >= 4 is 16.9 Å². The van der Waals surface area contributed by atoms with E-state index in [1.807, 2.05) is 32.0 Å². The second-order valence-electron chi connectivity index (χ2n) is 7.36. The summed E-state index contributed by atoms with van der Waals surface area (Å²) in [5, 5.41) is 0. The topological polar surface area (TPSA) is 49.0 Å². The van der Waals surface area contributed by atoms with Crippen molar-refractivity contribution in [1.29, 1.82) is 0 Å². The van der Waals surface area contributed by atoms with Crippen molar-refractivity contribution in [3.8, 4) is 0 Å². The van der Waals surface area contributed by atoms with Crippen molar-refractivity contribution in [2.24, 2.45) is 5.92 Å². The summed E-state index contributed by atoms with van der Waals surface area (Å²) < 4.78 is 0. The van der Waals surface area contributed by atoms with Crippen LogP contribution in [0.1, 0.15) is 54.6 Å². The minimum atomic E-state index is 0.145. The molecule has 1 aromatic heterocycles. The number of amides is 1. The van der Waals surface area contributed by atoms with Gasteiger partial charge in [-0.3, -0.25) is 4.79 Å². The molecule has 1 fully saturated rings. The van der Waals surface area contributed by atoms with Crippen LogP contribution in [0.15, 0.2) is 48.8 Å². The first-order chi connectivity index (χ1) is 13.2. The Labute approximate surface area is 160 Å². The highest BCUT2D eigenvalue weighted by Gasteiger charge is 2.42. The predicted molar refractivity (Wildman–Crippen MR) is 109 cm³/mol. The number of aromatic nitrogens is 2. The Morgan fingerprint density at radius 2 is 2.00 bits per heavy atom. The number of imidazole rings is 1. The maximum Gasteiger partial charge on any atom is 0.254 e. The van der Waals surface area contributed by atoms with E-state index in [0.29, 0.717) is 17.9 Å². The van der Waals surface area contributed by atoms with Crippen molar-refractivity contribution in [2.75, 3.05) is 6.54 Å². The van der Waals surface area contributed by atoms with Crippen LogP contribution in [0.3, 0.4) is 0 Å². The number of aromatic amines is 1. The van der Waals surface area contributed by atoms with Crippen LogP contribution in [0.2, 0.25) is 0 Å². The lowest BCUT2D eigenvalue weighted by Crippen LogP contribution is -2.53. The van der Waals surface area contributed by atoms with Gasteiger partial charge in [-0.05, 0) is 54.0 Å². The molecule has 1 unspecified atom stereocenters. The summed E-state index contributed by atoms with van der Waals surface area (Å²) in [6.07, 6.45) is 3.68. The molecule has 4 heteroatoms. The minimum absolute atomic E-state index is 0.145. The van der Waals surface area contributed by atoms with Gasteiger partial charge in [0.25, 0.3) is 5.91 Å². The predicted octanol–water partition coefficient (Wildman–Crippen LogP) is 4.78. The zero-order chi connectivity index (χ0) is 19.0. The zero-order valence-corrected chi connectivity index (χ0v) is 16.3. The second-order valence-corrected chi connectivity index (χ2v) is 7.36. The Balaban J connectivity index is 0.000000872. The van der Waals surface area contributed by atoms with Crippen molar-refractivity contribution < 1.29 is 4.79 Å². The van der Waals surface area contributed by atoms with E-state index < -0.39 is 0 Å². The van der Waals surface area contributed by atoms with Crippen LogP contribution in [0.4, 0.5) is 0 Å². The van der Waals surface area contributed by atoms with Crippen molar-refractivity contribution in [1.82, 2.24) is 14.9 Å². The monoisotopic (exact) mass is 361 g/mol. The van der Waals surface area contributed by atoms with Crippen LogP contribution in [0.5, 0.6) is 0 Å². The number of nitrogens with one attached hydrogen (secondary N) is 1. The third-order valence-electron chi connectivity index (χ3n) is 6.13. The molecular weight excluding hydrogens is 334 g/mol. The van der Waals surface area contributed by atoms with E-state index in [2.05, 4.69) is 46.1 Å². The molecule has 3 atom stereocenters. The molecule has 1 aliphatic carbocycles.